The van der Waals surface area contributed by atoms with E-state index in [1.807, 2.05) is 49.4 Å². The van der Waals surface area contributed by atoms with Gasteiger partial charge in [0, 0.05) is 0 Å². The number of hydrogen-bond acceptors (Lipinski definition) is 6. The van der Waals surface area contributed by atoms with Crippen molar-refractivity contribution in [3.8, 4) is 23.0 Å². The van der Waals surface area contributed by atoms with Crippen molar-refractivity contribution >= 4 is 5.69 Å². The molecule has 6 heteroatoms. The second kappa shape index (κ2) is 7.04. The summed E-state index contributed by atoms with van der Waals surface area (Å²) in [5.74, 6) is 2.38. The third-order valence-corrected chi connectivity index (χ3v) is 3.59. The lowest BCUT2D eigenvalue weighted by atomic mass is 10.2. The van der Waals surface area contributed by atoms with Crippen LogP contribution in [0, 0.1) is 6.92 Å². The van der Waals surface area contributed by atoms with Gasteiger partial charge >= 0.3 is 0 Å². The summed E-state index contributed by atoms with van der Waals surface area (Å²) in [6, 6.07) is 13.5. The fraction of sp³-hybridized carbons (Fsp3) is 0.222. The lowest BCUT2D eigenvalue weighted by Crippen LogP contribution is -2.02. The molecule has 6 nitrogen and oxygen atoms in total. The summed E-state index contributed by atoms with van der Waals surface area (Å²) in [4.78, 5) is 0. The lowest BCUT2D eigenvalue weighted by molar-refractivity contribution is 0.413. The van der Waals surface area contributed by atoms with Crippen LogP contribution < -0.4 is 14.8 Å². The van der Waals surface area contributed by atoms with Crippen LogP contribution in [0.5, 0.6) is 11.5 Å². The molecule has 3 rings (SSSR count). The Bertz CT molecular complexity index is 830. The van der Waals surface area contributed by atoms with E-state index in [4.69, 9.17) is 13.9 Å². The standard InChI is InChI=1S/C18H19N3O3/c1-12-8-9-16(23-3)14(10-12)19-11-17-20-21-18(24-17)13-6-4-5-7-15(13)22-2/h4-10,19H,11H2,1-3H3. The van der Waals surface area contributed by atoms with Crippen LogP contribution in [0.3, 0.4) is 0 Å². The van der Waals surface area contributed by atoms with Crippen LogP contribution in [-0.2, 0) is 6.54 Å². The molecule has 1 aromatic heterocycles. The molecule has 3 aromatic rings. The van der Waals surface area contributed by atoms with Crippen molar-refractivity contribution in [2.24, 2.45) is 0 Å². The van der Waals surface area contributed by atoms with Crippen molar-refractivity contribution in [2.45, 2.75) is 13.5 Å². The van der Waals surface area contributed by atoms with Crippen LogP contribution in [0.4, 0.5) is 5.69 Å². The molecule has 0 aliphatic heterocycles. The van der Waals surface area contributed by atoms with E-state index in [1.54, 1.807) is 14.2 Å². The van der Waals surface area contributed by atoms with E-state index in [0.717, 1.165) is 22.6 Å². The van der Waals surface area contributed by atoms with Gasteiger partial charge in [0.1, 0.15) is 11.5 Å². The molecule has 1 heterocycles. The van der Waals surface area contributed by atoms with Crippen molar-refractivity contribution in [3.63, 3.8) is 0 Å². The molecule has 0 bridgehead atoms. The normalized spacial score (nSPS) is 10.5. The van der Waals surface area contributed by atoms with E-state index in [9.17, 15) is 0 Å². The molecular formula is C18H19N3O3. The smallest absolute Gasteiger partial charge is 0.251 e. The van der Waals surface area contributed by atoms with Crippen LogP contribution in [0.2, 0.25) is 0 Å². The number of aryl methyl sites for hydroxylation is 1. The lowest BCUT2D eigenvalue weighted by Gasteiger charge is -2.10. The van der Waals surface area contributed by atoms with Gasteiger partial charge in [-0.1, -0.05) is 18.2 Å². The molecule has 124 valence electrons. The number of benzene rings is 2. The number of rotatable bonds is 6. The highest BCUT2D eigenvalue weighted by Gasteiger charge is 2.13. The number of anilines is 1. The number of para-hydroxylation sites is 1. The predicted molar refractivity (Wildman–Crippen MR) is 91.3 cm³/mol. The molecule has 0 atom stereocenters. The van der Waals surface area contributed by atoms with Gasteiger partial charge in [0.2, 0.25) is 5.89 Å². The molecule has 0 aliphatic carbocycles. The van der Waals surface area contributed by atoms with Crippen LogP contribution in [0.15, 0.2) is 46.9 Å². The molecule has 0 spiro atoms. The largest absolute Gasteiger partial charge is 0.496 e. The number of ether oxygens (including phenoxy) is 2. The van der Waals surface area contributed by atoms with Crippen molar-refractivity contribution in [1.82, 2.24) is 10.2 Å². The minimum Gasteiger partial charge on any atom is -0.496 e. The SMILES string of the molecule is COc1ccc(C)cc1NCc1nnc(-c2ccccc2OC)o1. The first-order chi connectivity index (χ1) is 11.7. The quantitative estimate of drug-likeness (QED) is 0.745. The second-order valence-corrected chi connectivity index (χ2v) is 5.26. The first kappa shape index (κ1) is 15.9. The van der Waals surface area contributed by atoms with Crippen molar-refractivity contribution in [1.29, 1.82) is 0 Å². The number of aromatic nitrogens is 2. The Morgan fingerprint density at radius 3 is 2.58 bits per heavy atom. The molecule has 0 saturated carbocycles. The summed E-state index contributed by atoms with van der Waals surface area (Å²) in [5, 5.41) is 11.4. The van der Waals surface area contributed by atoms with Gasteiger partial charge in [-0.2, -0.15) is 0 Å². The number of methoxy groups -OCH3 is 2. The molecule has 0 radical (unpaired) electrons. The minimum absolute atomic E-state index is 0.405. The zero-order valence-corrected chi connectivity index (χ0v) is 13.9. The monoisotopic (exact) mass is 325 g/mol. The number of hydrogen-bond donors (Lipinski definition) is 1. The fourth-order valence-electron chi connectivity index (χ4n) is 2.39. The topological polar surface area (TPSA) is 69.4 Å². The maximum atomic E-state index is 5.73. The van der Waals surface area contributed by atoms with Gasteiger partial charge in [0.15, 0.2) is 0 Å². The van der Waals surface area contributed by atoms with E-state index < -0.39 is 0 Å². The van der Waals surface area contributed by atoms with E-state index in [-0.39, 0.29) is 0 Å². The van der Waals surface area contributed by atoms with Crippen LogP contribution in [0.25, 0.3) is 11.5 Å². The Kier molecular flexibility index (Phi) is 4.65. The van der Waals surface area contributed by atoms with E-state index in [0.29, 0.717) is 24.1 Å². The fourth-order valence-corrected chi connectivity index (χ4v) is 2.39. The Morgan fingerprint density at radius 1 is 1.00 bits per heavy atom. The Labute approximate surface area is 140 Å². The van der Waals surface area contributed by atoms with Crippen molar-refractivity contribution < 1.29 is 13.9 Å². The van der Waals surface area contributed by atoms with Gasteiger partial charge < -0.3 is 19.2 Å². The van der Waals surface area contributed by atoms with E-state index >= 15 is 0 Å². The predicted octanol–water partition coefficient (Wildman–Crippen LogP) is 3.67. The second-order valence-electron chi connectivity index (χ2n) is 5.26. The summed E-state index contributed by atoms with van der Waals surface area (Å²) in [6.07, 6.45) is 0. The van der Waals surface area contributed by atoms with Gasteiger partial charge in [-0.15, -0.1) is 10.2 Å². The summed E-state index contributed by atoms with van der Waals surface area (Å²) in [7, 11) is 3.25. The van der Waals surface area contributed by atoms with Gasteiger partial charge in [0.05, 0.1) is 32.0 Å². The average molecular weight is 325 g/mol. The first-order valence-corrected chi connectivity index (χ1v) is 7.55. The van der Waals surface area contributed by atoms with Crippen molar-refractivity contribution in [3.05, 3.63) is 53.9 Å². The third-order valence-electron chi connectivity index (χ3n) is 3.59. The highest BCUT2D eigenvalue weighted by molar-refractivity contribution is 5.62. The van der Waals surface area contributed by atoms with Gasteiger partial charge in [-0.05, 0) is 36.8 Å². The minimum atomic E-state index is 0.405. The molecule has 24 heavy (non-hydrogen) atoms. The summed E-state index contributed by atoms with van der Waals surface area (Å²) < 4.78 is 16.4. The van der Waals surface area contributed by atoms with Gasteiger partial charge in [-0.25, -0.2) is 0 Å². The van der Waals surface area contributed by atoms with Crippen molar-refractivity contribution in [2.75, 3.05) is 19.5 Å². The highest BCUT2D eigenvalue weighted by atomic mass is 16.5. The zero-order chi connectivity index (χ0) is 16.9. The van der Waals surface area contributed by atoms with Crippen LogP contribution in [-0.4, -0.2) is 24.4 Å². The Balaban J connectivity index is 1.76. The summed E-state index contributed by atoms with van der Waals surface area (Å²) in [5.41, 5.74) is 2.79. The molecule has 0 aliphatic rings. The molecule has 0 amide bonds. The molecule has 0 fully saturated rings. The first-order valence-electron chi connectivity index (χ1n) is 7.55. The zero-order valence-electron chi connectivity index (χ0n) is 13.9. The molecule has 1 N–H and O–H groups in total. The number of nitrogens with one attached hydrogen (secondary N) is 1. The maximum Gasteiger partial charge on any atom is 0.251 e. The molecule has 0 unspecified atom stereocenters. The molecular weight excluding hydrogens is 306 g/mol. The molecule has 0 saturated heterocycles. The van der Waals surface area contributed by atoms with E-state index in [1.165, 1.54) is 0 Å². The Morgan fingerprint density at radius 2 is 1.79 bits per heavy atom. The Hall–Kier alpha value is -3.02. The highest BCUT2D eigenvalue weighted by Crippen LogP contribution is 2.29. The third kappa shape index (κ3) is 3.32. The van der Waals surface area contributed by atoms with Gasteiger partial charge in [-0.3, -0.25) is 0 Å². The van der Waals surface area contributed by atoms with Gasteiger partial charge in [0.25, 0.3) is 5.89 Å². The maximum absolute atomic E-state index is 5.73. The summed E-state index contributed by atoms with van der Waals surface area (Å²) in [6.45, 7) is 2.43. The van der Waals surface area contributed by atoms with Crippen LogP contribution in [0.1, 0.15) is 11.5 Å². The van der Waals surface area contributed by atoms with E-state index in [2.05, 4.69) is 15.5 Å². The average Bonchev–Trinajstić information content (AvgIpc) is 3.09. The number of nitrogens with zero attached hydrogens (tertiary/aromatic N) is 2. The summed E-state index contributed by atoms with van der Waals surface area (Å²) >= 11 is 0. The van der Waals surface area contributed by atoms with Crippen LogP contribution >= 0.6 is 0 Å². The molecule has 2 aromatic carbocycles.